The molecule has 1 amide bonds. The molecule has 0 radical (unpaired) electrons. The predicted molar refractivity (Wildman–Crippen MR) is 114 cm³/mol. The fraction of sp³-hybridized carbons (Fsp3) is 0.211. The molecule has 1 aromatic heterocycles. The number of hydrogen-bond acceptors (Lipinski definition) is 7. The molecule has 10 heteroatoms. The number of hydrogen-bond donors (Lipinski definition) is 1. The molecule has 1 heterocycles. The van der Waals surface area contributed by atoms with E-state index in [-0.39, 0.29) is 5.91 Å². The first-order valence-electron chi connectivity index (χ1n) is 8.53. The van der Waals surface area contributed by atoms with Gasteiger partial charge in [-0.3, -0.25) is 14.4 Å². The SMILES string of the molecule is COc1ccc(-c2nnc(NC(=O)c3cccc(N(C)S(C)(=O)=O)c3C)s2)cc1. The number of aromatic nitrogens is 2. The van der Waals surface area contributed by atoms with Crippen LogP contribution in [0.1, 0.15) is 15.9 Å². The molecule has 0 unspecified atom stereocenters. The maximum Gasteiger partial charge on any atom is 0.257 e. The fourth-order valence-electron chi connectivity index (χ4n) is 2.68. The van der Waals surface area contributed by atoms with E-state index in [0.29, 0.717) is 27.0 Å². The zero-order valence-corrected chi connectivity index (χ0v) is 18.0. The summed E-state index contributed by atoms with van der Waals surface area (Å²) in [5.41, 5.74) is 2.21. The van der Waals surface area contributed by atoms with Gasteiger partial charge >= 0.3 is 0 Å². The average Bonchev–Trinajstić information content (AvgIpc) is 3.15. The van der Waals surface area contributed by atoms with Crippen molar-refractivity contribution in [2.75, 3.05) is 30.0 Å². The molecule has 0 aliphatic carbocycles. The van der Waals surface area contributed by atoms with Crippen LogP contribution in [0.25, 0.3) is 10.6 Å². The van der Waals surface area contributed by atoms with Gasteiger partial charge in [0.15, 0.2) is 0 Å². The summed E-state index contributed by atoms with van der Waals surface area (Å²) in [6, 6.07) is 12.3. The monoisotopic (exact) mass is 432 g/mol. The summed E-state index contributed by atoms with van der Waals surface area (Å²) in [6.07, 6.45) is 1.11. The molecule has 152 valence electrons. The fourth-order valence-corrected chi connectivity index (χ4v) is 3.98. The second-order valence-corrected chi connectivity index (χ2v) is 9.27. The van der Waals surface area contributed by atoms with Gasteiger partial charge in [-0.2, -0.15) is 0 Å². The molecule has 29 heavy (non-hydrogen) atoms. The molecule has 0 aliphatic rings. The maximum atomic E-state index is 12.7. The Morgan fingerprint density at radius 3 is 2.45 bits per heavy atom. The van der Waals surface area contributed by atoms with Gasteiger partial charge in [0.2, 0.25) is 15.2 Å². The van der Waals surface area contributed by atoms with Crippen molar-refractivity contribution in [1.29, 1.82) is 0 Å². The van der Waals surface area contributed by atoms with E-state index in [9.17, 15) is 13.2 Å². The molecule has 0 saturated heterocycles. The van der Waals surface area contributed by atoms with E-state index < -0.39 is 10.0 Å². The van der Waals surface area contributed by atoms with E-state index >= 15 is 0 Å². The Morgan fingerprint density at radius 2 is 1.83 bits per heavy atom. The van der Waals surface area contributed by atoms with Crippen molar-refractivity contribution in [3.05, 3.63) is 53.6 Å². The summed E-state index contributed by atoms with van der Waals surface area (Å²) < 4.78 is 30.0. The van der Waals surface area contributed by atoms with Crippen molar-refractivity contribution in [3.8, 4) is 16.3 Å². The molecule has 0 fully saturated rings. The number of benzene rings is 2. The Hall–Kier alpha value is -2.98. The van der Waals surface area contributed by atoms with E-state index in [1.165, 1.54) is 18.4 Å². The zero-order valence-electron chi connectivity index (χ0n) is 16.3. The van der Waals surface area contributed by atoms with Crippen LogP contribution in [0.5, 0.6) is 5.75 Å². The Balaban J connectivity index is 1.81. The number of ether oxygens (including phenoxy) is 1. The number of methoxy groups -OCH3 is 1. The summed E-state index contributed by atoms with van der Waals surface area (Å²) in [5.74, 6) is 0.352. The highest BCUT2D eigenvalue weighted by Crippen LogP contribution is 2.29. The summed E-state index contributed by atoms with van der Waals surface area (Å²) in [4.78, 5) is 12.7. The molecule has 3 rings (SSSR count). The number of amides is 1. The number of nitrogens with one attached hydrogen (secondary N) is 1. The first kappa shape index (κ1) is 20.7. The quantitative estimate of drug-likeness (QED) is 0.642. The van der Waals surface area contributed by atoms with E-state index in [1.54, 1.807) is 32.2 Å². The van der Waals surface area contributed by atoms with Crippen molar-refractivity contribution in [3.63, 3.8) is 0 Å². The zero-order chi connectivity index (χ0) is 21.2. The standard InChI is InChI=1S/C19H20N4O4S2/c1-12-15(6-5-7-16(12)23(2)29(4,25)26)17(24)20-19-22-21-18(28-19)13-8-10-14(27-3)11-9-13/h5-11H,1-4H3,(H,20,22,24). The van der Waals surface area contributed by atoms with Crippen LogP contribution in [0.2, 0.25) is 0 Å². The first-order chi connectivity index (χ1) is 13.7. The third-order valence-electron chi connectivity index (χ3n) is 4.37. The highest BCUT2D eigenvalue weighted by atomic mass is 32.2. The molecule has 3 aromatic rings. The lowest BCUT2D eigenvalue weighted by Gasteiger charge is -2.20. The van der Waals surface area contributed by atoms with Gasteiger partial charge in [0.05, 0.1) is 19.1 Å². The minimum atomic E-state index is -3.44. The topological polar surface area (TPSA) is 101 Å². The molecule has 0 saturated carbocycles. The largest absolute Gasteiger partial charge is 0.497 e. The number of nitrogens with zero attached hydrogens (tertiary/aromatic N) is 3. The number of carbonyl (C=O) groups excluding carboxylic acids is 1. The number of sulfonamides is 1. The lowest BCUT2D eigenvalue weighted by atomic mass is 10.1. The summed E-state index contributed by atoms with van der Waals surface area (Å²) >= 11 is 1.24. The van der Waals surface area contributed by atoms with Crippen LogP contribution in [-0.4, -0.2) is 44.9 Å². The summed E-state index contributed by atoms with van der Waals surface area (Å²) in [7, 11) is -0.395. The first-order valence-corrected chi connectivity index (χ1v) is 11.2. The lowest BCUT2D eigenvalue weighted by molar-refractivity contribution is 0.102. The molecular formula is C19H20N4O4S2. The van der Waals surface area contributed by atoms with Gasteiger partial charge < -0.3 is 4.74 Å². The lowest BCUT2D eigenvalue weighted by Crippen LogP contribution is -2.26. The minimum absolute atomic E-state index is 0.349. The highest BCUT2D eigenvalue weighted by Gasteiger charge is 2.19. The normalized spacial score (nSPS) is 11.2. The van der Waals surface area contributed by atoms with Gasteiger partial charge in [-0.1, -0.05) is 17.4 Å². The van der Waals surface area contributed by atoms with Gasteiger partial charge in [0.25, 0.3) is 5.91 Å². The van der Waals surface area contributed by atoms with Crippen LogP contribution in [0.4, 0.5) is 10.8 Å². The second kappa shape index (κ2) is 8.18. The van der Waals surface area contributed by atoms with Gasteiger partial charge in [0, 0.05) is 18.2 Å². The van der Waals surface area contributed by atoms with E-state index in [2.05, 4.69) is 15.5 Å². The molecule has 0 atom stereocenters. The second-order valence-electron chi connectivity index (χ2n) is 6.28. The average molecular weight is 433 g/mol. The number of carbonyl (C=O) groups is 1. The van der Waals surface area contributed by atoms with Crippen LogP contribution in [0, 0.1) is 6.92 Å². The van der Waals surface area contributed by atoms with Crippen LogP contribution in [0.3, 0.4) is 0 Å². The summed E-state index contributed by atoms with van der Waals surface area (Å²) in [6.45, 7) is 1.70. The Bertz CT molecular complexity index is 1140. The van der Waals surface area contributed by atoms with Crippen molar-refractivity contribution >= 4 is 38.1 Å². The van der Waals surface area contributed by atoms with Crippen molar-refractivity contribution < 1.29 is 17.9 Å². The molecule has 0 bridgehead atoms. The Labute approximate surface area is 173 Å². The maximum absolute atomic E-state index is 12.7. The molecule has 2 aromatic carbocycles. The third kappa shape index (κ3) is 4.54. The van der Waals surface area contributed by atoms with Crippen LogP contribution in [-0.2, 0) is 10.0 Å². The van der Waals surface area contributed by atoms with Crippen LogP contribution >= 0.6 is 11.3 Å². The van der Waals surface area contributed by atoms with Gasteiger partial charge in [-0.15, -0.1) is 10.2 Å². The molecular weight excluding hydrogens is 412 g/mol. The number of anilines is 2. The molecule has 8 nitrogen and oxygen atoms in total. The Morgan fingerprint density at radius 1 is 1.14 bits per heavy atom. The highest BCUT2D eigenvalue weighted by molar-refractivity contribution is 7.92. The van der Waals surface area contributed by atoms with Crippen molar-refractivity contribution in [2.24, 2.45) is 0 Å². The van der Waals surface area contributed by atoms with Crippen LogP contribution in [0.15, 0.2) is 42.5 Å². The van der Waals surface area contributed by atoms with Gasteiger partial charge in [-0.25, -0.2) is 8.42 Å². The Kier molecular flexibility index (Phi) is 5.85. The molecule has 1 N–H and O–H groups in total. The van der Waals surface area contributed by atoms with Crippen molar-refractivity contribution in [2.45, 2.75) is 6.92 Å². The number of rotatable bonds is 6. The van der Waals surface area contributed by atoms with E-state index in [0.717, 1.165) is 21.9 Å². The minimum Gasteiger partial charge on any atom is -0.497 e. The van der Waals surface area contributed by atoms with E-state index in [4.69, 9.17) is 4.74 Å². The summed E-state index contributed by atoms with van der Waals surface area (Å²) in [5, 5.41) is 11.9. The van der Waals surface area contributed by atoms with Crippen molar-refractivity contribution in [1.82, 2.24) is 10.2 Å². The third-order valence-corrected chi connectivity index (χ3v) is 6.45. The van der Waals surface area contributed by atoms with Gasteiger partial charge in [0.1, 0.15) is 10.8 Å². The molecule has 0 spiro atoms. The van der Waals surface area contributed by atoms with Crippen LogP contribution < -0.4 is 14.4 Å². The molecule has 0 aliphatic heterocycles. The van der Waals surface area contributed by atoms with Gasteiger partial charge in [-0.05, 0) is 48.9 Å². The smallest absolute Gasteiger partial charge is 0.257 e. The van der Waals surface area contributed by atoms with E-state index in [1.807, 2.05) is 24.3 Å². The predicted octanol–water partition coefficient (Wildman–Crippen LogP) is 3.17.